The molecular formula is C24H27NO5. The molecule has 1 aliphatic carbocycles. The number of methoxy groups -OCH3 is 1. The van der Waals surface area contributed by atoms with Crippen molar-refractivity contribution in [2.45, 2.75) is 43.7 Å². The molecule has 30 heavy (non-hydrogen) atoms. The fourth-order valence-electron chi connectivity index (χ4n) is 4.91. The minimum Gasteiger partial charge on any atom is -0.465 e. The summed E-state index contributed by atoms with van der Waals surface area (Å²) in [5, 5.41) is 21.5. The summed E-state index contributed by atoms with van der Waals surface area (Å²) in [6, 6.07) is 16.5. The Morgan fingerprint density at radius 2 is 1.73 bits per heavy atom. The van der Waals surface area contributed by atoms with Crippen molar-refractivity contribution in [3.05, 3.63) is 71.3 Å². The molecule has 0 radical (unpaired) electrons. The van der Waals surface area contributed by atoms with Crippen LogP contribution in [0.2, 0.25) is 0 Å². The average molecular weight is 409 g/mol. The van der Waals surface area contributed by atoms with Gasteiger partial charge >= 0.3 is 12.1 Å². The SMILES string of the molecule is COC(=O)c1ccc([C@@H]2CC(O)(C3(Cc4ccccc4)CC3)CCN2C(=O)O)cc1. The molecule has 2 atom stereocenters. The lowest BCUT2D eigenvalue weighted by molar-refractivity contribution is -0.0933. The lowest BCUT2D eigenvalue weighted by atomic mass is 9.70. The summed E-state index contributed by atoms with van der Waals surface area (Å²) >= 11 is 0. The van der Waals surface area contributed by atoms with Gasteiger partial charge in [-0.2, -0.15) is 0 Å². The lowest BCUT2D eigenvalue weighted by Crippen LogP contribution is -2.53. The van der Waals surface area contributed by atoms with E-state index in [1.165, 1.54) is 17.6 Å². The first-order valence-corrected chi connectivity index (χ1v) is 10.3. The third-order valence-corrected chi connectivity index (χ3v) is 6.86. The van der Waals surface area contributed by atoms with Gasteiger partial charge < -0.3 is 19.8 Å². The molecule has 2 aliphatic rings. The topological polar surface area (TPSA) is 87.1 Å². The molecule has 2 aromatic carbocycles. The van der Waals surface area contributed by atoms with E-state index in [0.717, 1.165) is 24.8 Å². The number of carbonyl (C=O) groups is 2. The van der Waals surface area contributed by atoms with Gasteiger partial charge in [0.25, 0.3) is 0 Å². The fraction of sp³-hybridized carbons (Fsp3) is 0.417. The van der Waals surface area contributed by atoms with Gasteiger partial charge in [0, 0.05) is 18.4 Å². The van der Waals surface area contributed by atoms with E-state index in [2.05, 4.69) is 12.1 Å². The van der Waals surface area contributed by atoms with Crippen molar-refractivity contribution in [2.24, 2.45) is 5.41 Å². The van der Waals surface area contributed by atoms with Gasteiger partial charge in [0.05, 0.1) is 24.3 Å². The number of aliphatic hydroxyl groups is 1. The summed E-state index contributed by atoms with van der Waals surface area (Å²) < 4.78 is 4.74. The maximum absolute atomic E-state index is 11.9. The molecular weight excluding hydrogens is 382 g/mol. The number of carbonyl (C=O) groups excluding carboxylic acids is 1. The predicted octanol–water partition coefficient (Wildman–Crippen LogP) is 4.04. The number of esters is 1. The molecule has 158 valence electrons. The van der Waals surface area contributed by atoms with Crippen LogP contribution in [0.1, 0.15) is 53.2 Å². The van der Waals surface area contributed by atoms with Crippen LogP contribution >= 0.6 is 0 Å². The Labute approximate surface area is 176 Å². The molecule has 1 heterocycles. The Bertz CT molecular complexity index is 922. The van der Waals surface area contributed by atoms with Gasteiger partial charge in [0.2, 0.25) is 0 Å². The third-order valence-electron chi connectivity index (χ3n) is 6.86. The van der Waals surface area contributed by atoms with E-state index in [-0.39, 0.29) is 12.0 Å². The minimum atomic E-state index is -0.994. The maximum atomic E-state index is 11.9. The lowest BCUT2D eigenvalue weighted by Gasteiger charge is -2.47. The smallest absolute Gasteiger partial charge is 0.407 e. The summed E-state index contributed by atoms with van der Waals surface area (Å²) in [5.74, 6) is -0.434. The van der Waals surface area contributed by atoms with E-state index in [1.807, 2.05) is 18.2 Å². The van der Waals surface area contributed by atoms with E-state index in [1.54, 1.807) is 24.3 Å². The van der Waals surface area contributed by atoms with Crippen LogP contribution in [0.3, 0.4) is 0 Å². The number of amides is 1. The molecule has 1 amide bonds. The van der Waals surface area contributed by atoms with Crippen molar-refractivity contribution in [1.29, 1.82) is 0 Å². The molecule has 0 aromatic heterocycles. The van der Waals surface area contributed by atoms with Crippen LogP contribution < -0.4 is 0 Å². The highest BCUT2D eigenvalue weighted by Crippen LogP contribution is 2.61. The summed E-state index contributed by atoms with van der Waals surface area (Å²) in [6.45, 7) is 0.284. The molecule has 2 N–H and O–H groups in total. The molecule has 0 bridgehead atoms. The van der Waals surface area contributed by atoms with E-state index >= 15 is 0 Å². The van der Waals surface area contributed by atoms with E-state index in [4.69, 9.17) is 4.74 Å². The van der Waals surface area contributed by atoms with Crippen molar-refractivity contribution in [3.8, 4) is 0 Å². The van der Waals surface area contributed by atoms with Gasteiger partial charge in [-0.15, -0.1) is 0 Å². The number of likely N-dealkylation sites (tertiary alicyclic amines) is 1. The van der Waals surface area contributed by atoms with Gasteiger partial charge in [-0.05, 0) is 48.9 Å². The number of hydrogen-bond acceptors (Lipinski definition) is 4. The van der Waals surface area contributed by atoms with Crippen LogP contribution in [0, 0.1) is 5.41 Å². The number of piperidine rings is 1. The Hall–Kier alpha value is -2.86. The van der Waals surface area contributed by atoms with Gasteiger partial charge in [-0.25, -0.2) is 9.59 Å². The Balaban J connectivity index is 1.60. The Morgan fingerprint density at radius 3 is 2.30 bits per heavy atom. The van der Waals surface area contributed by atoms with Gasteiger partial charge in [-0.3, -0.25) is 0 Å². The zero-order valence-electron chi connectivity index (χ0n) is 17.1. The number of nitrogens with zero attached hydrogens (tertiary/aromatic N) is 1. The van der Waals surface area contributed by atoms with E-state index in [9.17, 15) is 19.8 Å². The quantitative estimate of drug-likeness (QED) is 0.728. The first-order valence-electron chi connectivity index (χ1n) is 10.3. The monoisotopic (exact) mass is 409 g/mol. The van der Waals surface area contributed by atoms with E-state index in [0.29, 0.717) is 18.4 Å². The van der Waals surface area contributed by atoms with Crippen molar-refractivity contribution < 1.29 is 24.5 Å². The van der Waals surface area contributed by atoms with Crippen molar-refractivity contribution >= 4 is 12.1 Å². The average Bonchev–Trinajstić information content (AvgIpc) is 3.55. The molecule has 2 aromatic rings. The van der Waals surface area contributed by atoms with Gasteiger partial charge in [0.1, 0.15) is 0 Å². The largest absolute Gasteiger partial charge is 0.465 e. The predicted molar refractivity (Wildman–Crippen MR) is 111 cm³/mol. The molecule has 1 saturated heterocycles. The second-order valence-corrected chi connectivity index (χ2v) is 8.53. The van der Waals surface area contributed by atoms with Crippen LogP contribution in [0.15, 0.2) is 54.6 Å². The Morgan fingerprint density at radius 1 is 1.07 bits per heavy atom. The third kappa shape index (κ3) is 3.67. The van der Waals surface area contributed by atoms with E-state index < -0.39 is 23.7 Å². The summed E-state index contributed by atoms with van der Waals surface area (Å²) in [6.07, 6.45) is 2.48. The highest BCUT2D eigenvalue weighted by molar-refractivity contribution is 5.89. The molecule has 0 spiro atoms. The molecule has 1 aliphatic heterocycles. The molecule has 2 fully saturated rings. The maximum Gasteiger partial charge on any atom is 0.407 e. The van der Waals surface area contributed by atoms with Gasteiger partial charge in [-0.1, -0.05) is 42.5 Å². The fourth-order valence-corrected chi connectivity index (χ4v) is 4.91. The van der Waals surface area contributed by atoms with Crippen molar-refractivity contribution in [3.63, 3.8) is 0 Å². The van der Waals surface area contributed by atoms with Crippen LogP contribution in [0.4, 0.5) is 4.79 Å². The van der Waals surface area contributed by atoms with Crippen LogP contribution in [-0.2, 0) is 11.2 Å². The first-order chi connectivity index (χ1) is 14.4. The normalized spacial score (nSPS) is 24.9. The van der Waals surface area contributed by atoms with Crippen molar-refractivity contribution in [1.82, 2.24) is 4.90 Å². The zero-order chi connectivity index (χ0) is 21.4. The molecule has 4 rings (SSSR count). The number of hydrogen-bond donors (Lipinski definition) is 2. The number of ether oxygens (including phenoxy) is 1. The van der Waals surface area contributed by atoms with Crippen LogP contribution in [-0.4, -0.2) is 46.4 Å². The van der Waals surface area contributed by atoms with Crippen LogP contribution in [0.5, 0.6) is 0 Å². The van der Waals surface area contributed by atoms with Crippen molar-refractivity contribution in [2.75, 3.05) is 13.7 Å². The standard InChI is InChI=1S/C24H27NO5/c1-30-21(26)19-9-7-18(8-10-19)20-16-24(29,13-14-25(20)22(27)28)23(11-12-23)15-17-5-3-2-4-6-17/h2-10,20,29H,11-16H2,1H3,(H,27,28)/t20-,24?/m0/s1. The summed E-state index contributed by atoms with van der Waals surface area (Å²) in [4.78, 5) is 25.0. The molecule has 6 nitrogen and oxygen atoms in total. The van der Waals surface area contributed by atoms with Crippen LogP contribution in [0.25, 0.3) is 0 Å². The summed E-state index contributed by atoms with van der Waals surface area (Å²) in [7, 11) is 1.32. The number of benzene rings is 2. The number of carboxylic acid groups (broad SMARTS) is 1. The second kappa shape index (κ2) is 7.76. The minimum absolute atomic E-state index is 0.205. The molecule has 1 unspecified atom stereocenters. The van der Waals surface area contributed by atoms with Gasteiger partial charge in [0.15, 0.2) is 0 Å². The first kappa shape index (κ1) is 20.4. The highest BCUT2D eigenvalue weighted by atomic mass is 16.5. The highest BCUT2D eigenvalue weighted by Gasteiger charge is 2.60. The molecule has 1 saturated carbocycles. The Kier molecular flexibility index (Phi) is 5.28. The zero-order valence-corrected chi connectivity index (χ0v) is 17.1. The summed E-state index contributed by atoms with van der Waals surface area (Å²) in [5.41, 5.74) is 1.25. The second-order valence-electron chi connectivity index (χ2n) is 8.53. The molecule has 6 heteroatoms. The number of rotatable bonds is 5.